The van der Waals surface area contributed by atoms with Crippen molar-refractivity contribution in [1.29, 1.82) is 0 Å². The number of carbonyl (C=O) groups excluding carboxylic acids is 1. The molecule has 7 heteroatoms. The highest BCUT2D eigenvalue weighted by atomic mass is 16.3. The van der Waals surface area contributed by atoms with Crippen LogP contribution in [0.5, 0.6) is 0 Å². The molecule has 2 heterocycles. The summed E-state index contributed by atoms with van der Waals surface area (Å²) in [6.07, 6.45) is 4.50. The molecule has 1 amide bonds. The van der Waals surface area contributed by atoms with Gasteiger partial charge in [0.25, 0.3) is 0 Å². The summed E-state index contributed by atoms with van der Waals surface area (Å²) in [4.78, 5) is 20.1. The van der Waals surface area contributed by atoms with Gasteiger partial charge in [0.05, 0.1) is 13.2 Å². The fourth-order valence-corrected chi connectivity index (χ4v) is 2.56. The number of aliphatic hydroxyl groups excluding tert-OH is 1. The molecule has 1 atom stereocenters. The third-order valence-corrected chi connectivity index (χ3v) is 3.89. The van der Waals surface area contributed by atoms with Crippen LogP contribution in [0.3, 0.4) is 0 Å². The normalized spacial score (nSPS) is 18.2. The van der Waals surface area contributed by atoms with Crippen LogP contribution in [0.4, 0.5) is 0 Å². The first-order chi connectivity index (χ1) is 9.74. The van der Waals surface area contributed by atoms with Crippen LogP contribution in [0.1, 0.15) is 19.8 Å². The van der Waals surface area contributed by atoms with Crippen molar-refractivity contribution in [2.45, 2.75) is 32.4 Å². The molecule has 0 aliphatic carbocycles. The molecule has 1 aromatic rings. The van der Waals surface area contributed by atoms with E-state index < -0.39 is 0 Å². The van der Waals surface area contributed by atoms with Crippen molar-refractivity contribution in [2.75, 3.05) is 32.8 Å². The molecule has 0 aromatic carbocycles. The van der Waals surface area contributed by atoms with E-state index in [0.717, 1.165) is 32.6 Å². The number of carbonyl (C=O) groups is 1. The van der Waals surface area contributed by atoms with Crippen LogP contribution in [-0.4, -0.2) is 74.4 Å². The number of aromatic nitrogens is 3. The standard InChI is InChI=1S/C13H23N5O2/c1-2-12(9-19)16-5-7-17(8-6-16)13(20)3-4-18-11-14-10-15-18/h10-12,19H,2-9H2,1H3. The van der Waals surface area contributed by atoms with Crippen LogP contribution in [0, 0.1) is 0 Å². The largest absolute Gasteiger partial charge is 0.395 e. The maximum absolute atomic E-state index is 12.1. The Balaban J connectivity index is 1.74. The minimum absolute atomic E-state index is 0.164. The van der Waals surface area contributed by atoms with Gasteiger partial charge in [-0.15, -0.1) is 0 Å². The van der Waals surface area contributed by atoms with E-state index in [2.05, 4.69) is 21.9 Å². The smallest absolute Gasteiger partial charge is 0.224 e. The molecule has 1 aliphatic heterocycles. The van der Waals surface area contributed by atoms with E-state index in [1.165, 1.54) is 6.33 Å². The number of nitrogens with zero attached hydrogens (tertiary/aromatic N) is 5. The van der Waals surface area contributed by atoms with Gasteiger partial charge >= 0.3 is 0 Å². The zero-order valence-electron chi connectivity index (χ0n) is 12.0. The lowest BCUT2D eigenvalue weighted by atomic mass is 10.1. The van der Waals surface area contributed by atoms with E-state index in [0.29, 0.717) is 13.0 Å². The third kappa shape index (κ3) is 3.77. The van der Waals surface area contributed by atoms with Gasteiger partial charge in [0.1, 0.15) is 12.7 Å². The fourth-order valence-electron chi connectivity index (χ4n) is 2.56. The molecule has 1 fully saturated rings. The van der Waals surface area contributed by atoms with Crippen LogP contribution in [-0.2, 0) is 11.3 Å². The molecule has 0 spiro atoms. The summed E-state index contributed by atoms with van der Waals surface area (Å²) in [6.45, 7) is 6.02. The molecular formula is C13H23N5O2. The molecule has 0 radical (unpaired) electrons. The molecule has 1 saturated heterocycles. The van der Waals surface area contributed by atoms with Gasteiger partial charge in [-0.25, -0.2) is 4.98 Å². The Morgan fingerprint density at radius 1 is 1.35 bits per heavy atom. The number of hydrogen-bond acceptors (Lipinski definition) is 5. The van der Waals surface area contributed by atoms with E-state index in [9.17, 15) is 9.90 Å². The zero-order valence-corrected chi connectivity index (χ0v) is 12.0. The quantitative estimate of drug-likeness (QED) is 0.767. The van der Waals surface area contributed by atoms with E-state index >= 15 is 0 Å². The van der Waals surface area contributed by atoms with Crippen LogP contribution in [0.15, 0.2) is 12.7 Å². The molecule has 1 aliphatic rings. The maximum atomic E-state index is 12.1. The summed E-state index contributed by atoms with van der Waals surface area (Å²) in [6, 6.07) is 0.224. The van der Waals surface area contributed by atoms with E-state index in [1.807, 2.05) is 4.90 Å². The average molecular weight is 281 g/mol. The lowest BCUT2D eigenvalue weighted by Gasteiger charge is -2.38. The first kappa shape index (κ1) is 14.9. The van der Waals surface area contributed by atoms with Gasteiger partial charge in [-0.1, -0.05) is 6.92 Å². The Labute approximate surface area is 119 Å². The lowest BCUT2D eigenvalue weighted by Crippen LogP contribution is -2.52. The summed E-state index contributed by atoms with van der Waals surface area (Å²) in [5, 5.41) is 13.3. The van der Waals surface area contributed by atoms with E-state index in [4.69, 9.17) is 0 Å². The Morgan fingerprint density at radius 3 is 2.65 bits per heavy atom. The Kier molecular flexibility index (Phi) is 5.49. The predicted octanol–water partition coefficient (Wildman–Crippen LogP) is -0.417. The highest BCUT2D eigenvalue weighted by molar-refractivity contribution is 5.76. The van der Waals surface area contributed by atoms with Gasteiger partial charge in [-0.3, -0.25) is 14.4 Å². The SMILES string of the molecule is CCC(CO)N1CCN(C(=O)CCn2cncn2)CC1. The molecule has 1 N–H and O–H groups in total. The molecule has 7 nitrogen and oxygen atoms in total. The highest BCUT2D eigenvalue weighted by Crippen LogP contribution is 2.10. The predicted molar refractivity (Wildman–Crippen MR) is 74.0 cm³/mol. The summed E-state index contributed by atoms with van der Waals surface area (Å²) in [5.41, 5.74) is 0. The van der Waals surface area contributed by atoms with Crippen LogP contribution >= 0.6 is 0 Å². The fraction of sp³-hybridized carbons (Fsp3) is 0.769. The monoisotopic (exact) mass is 281 g/mol. The number of piperazine rings is 1. The first-order valence-electron chi connectivity index (χ1n) is 7.19. The Morgan fingerprint density at radius 2 is 2.10 bits per heavy atom. The van der Waals surface area contributed by atoms with Crippen molar-refractivity contribution in [3.8, 4) is 0 Å². The molecular weight excluding hydrogens is 258 g/mol. The first-order valence-corrected chi connectivity index (χ1v) is 7.19. The van der Waals surface area contributed by atoms with Gasteiger partial charge in [0.15, 0.2) is 0 Å². The van der Waals surface area contributed by atoms with Crippen molar-refractivity contribution in [3.05, 3.63) is 12.7 Å². The summed E-state index contributed by atoms with van der Waals surface area (Å²) >= 11 is 0. The highest BCUT2D eigenvalue weighted by Gasteiger charge is 2.24. The van der Waals surface area contributed by atoms with Crippen molar-refractivity contribution >= 4 is 5.91 Å². The molecule has 1 unspecified atom stereocenters. The van der Waals surface area contributed by atoms with Crippen molar-refractivity contribution in [1.82, 2.24) is 24.6 Å². The van der Waals surface area contributed by atoms with Crippen molar-refractivity contribution < 1.29 is 9.90 Å². The van der Waals surface area contributed by atoms with Crippen LogP contribution in [0.25, 0.3) is 0 Å². The van der Waals surface area contributed by atoms with Gasteiger partial charge < -0.3 is 10.0 Å². The summed E-state index contributed by atoms with van der Waals surface area (Å²) in [7, 11) is 0. The van der Waals surface area contributed by atoms with Crippen LogP contribution in [0.2, 0.25) is 0 Å². The maximum Gasteiger partial charge on any atom is 0.224 e. The number of hydrogen-bond donors (Lipinski definition) is 1. The number of rotatable bonds is 6. The number of aryl methyl sites for hydroxylation is 1. The minimum atomic E-state index is 0.164. The lowest BCUT2D eigenvalue weighted by molar-refractivity contribution is -0.133. The molecule has 2 rings (SSSR count). The van der Waals surface area contributed by atoms with Crippen molar-refractivity contribution in [2.24, 2.45) is 0 Å². The van der Waals surface area contributed by atoms with Gasteiger partial charge in [-0.05, 0) is 6.42 Å². The summed E-state index contributed by atoms with van der Waals surface area (Å²) < 4.78 is 1.67. The Bertz CT molecular complexity index is 397. The van der Waals surface area contributed by atoms with Gasteiger partial charge in [0, 0.05) is 38.6 Å². The number of aliphatic hydroxyl groups is 1. The minimum Gasteiger partial charge on any atom is -0.395 e. The number of amides is 1. The van der Waals surface area contributed by atoms with E-state index in [-0.39, 0.29) is 18.6 Å². The van der Waals surface area contributed by atoms with Crippen LogP contribution < -0.4 is 0 Å². The van der Waals surface area contributed by atoms with E-state index in [1.54, 1.807) is 11.0 Å². The second kappa shape index (κ2) is 7.35. The molecule has 112 valence electrons. The van der Waals surface area contributed by atoms with Gasteiger partial charge in [0.2, 0.25) is 5.91 Å². The summed E-state index contributed by atoms with van der Waals surface area (Å²) in [5.74, 6) is 0.164. The average Bonchev–Trinajstić information content (AvgIpc) is 3.00. The van der Waals surface area contributed by atoms with Crippen molar-refractivity contribution in [3.63, 3.8) is 0 Å². The second-order valence-electron chi connectivity index (χ2n) is 5.07. The second-order valence-corrected chi connectivity index (χ2v) is 5.07. The topological polar surface area (TPSA) is 74.5 Å². The third-order valence-electron chi connectivity index (χ3n) is 3.89. The molecule has 0 bridgehead atoms. The molecule has 20 heavy (non-hydrogen) atoms. The Hall–Kier alpha value is -1.47. The van der Waals surface area contributed by atoms with Gasteiger partial charge in [-0.2, -0.15) is 5.10 Å². The molecule has 0 saturated carbocycles. The molecule has 1 aromatic heterocycles. The zero-order chi connectivity index (χ0) is 14.4.